The summed E-state index contributed by atoms with van der Waals surface area (Å²) in [6, 6.07) is 10.1. The number of carbonyl (C=O) groups excluding carboxylic acids is 1. The molecule has 1 aromatic carbocycles. The Balaban J connectivity index is 1.40. The Bertz CT molecular complexity index is 1080. The monoisotopic (exact) mass is 485 g/mol. The van der Waals surface area contributed by atoms with Crippen molar-refractivity contribution in [2.24, 2.45) is 0 Å². The van der Waals surface area contributed by atoms with E-state index in [0.717, 1.165) is 66.4 Å². The molecule has 1 aliphatic rings. The van der Waals surface area contributed by atoms with Crippen LogP contribution in [0.2, 0.25) is 0 Å². The largest absolute Gasteiger partial charge is 0.379 e. The molecule has 0 aliphatic carbocycles. The van der Waals surface area contributed by atoms with Gasteiger partial charge in [-0.05, 0) is 33.7 Å². The molecular formula is C24H35N7O2S. The highest BCUT2D eigenvalue weighted by molar-refractivity contribution is 7.20. The number of nitrogens with one attached hydrogen (secondary N) is 2. The quantitative estimate of drug-likeness (QED) is 0.451. The minimum absolute atomic E-state index is 0.00432. The lowest BCUT2D eigenvalue weighted by molar-refractivity contribution is -0.119. The van der Waals surface area contributed by atoms with E-state index in [9.17, 15) is 4.79 Å². The highest BCUT2D eigenvalue weighted by Gasteiger charge is 2.23. The highest BCUT2D eigenvalue weighted by atomic mass is 32.1. The second-order valence-electron chi connectivity index (χ2n) is 9.64. The van der Waals surface area contributed by atoms with Crippen molar-refractivity contribution in [1.29, 1.82) is 0 Å². The minimum atomic E-state index is -0.156. The molecule has 184 valence electrons. The van der Waals surface area contributed by atoms with Gasteiger partial charge in [0.1, 0.15) is 5.69 Å². The lowest BCUT2D eigenvalue weighted by Gasteiger charge is -2.26. The summed E-state index contributed by atoms with van der Waals surface area (Å²) in [6.07, 6.45) is 0.935. The van der Waals surface area contributed by atoms with Crippen LogP contribution in [-0.4, -0.2) is 83.9 Å². The Labute approximate surface area is 205 Å². The molecule has 0 unspecified atom stereocenters. The van der Waals surface area contributed by atoms with Crippen LogP contribution in [0.4, 0.5) is 10.9 Å². The Kier molecular flexibility index (Phi) is 7.70. The van der Waals surface area contributed by atoms with Crippen LogP contribution in [0.15, 0.2) is 30.3 Å². The summed E-state index contributed by atoms with van der Waals surface area (Å²) < 4.78 is 7.23. The van der Waals surface area contributed by atoms with Crippen LogP contribution in [0.1, 0.15) is 27.2 Å². The molecule has 3 aromatic rings. The number of hydrogen-bond acceptors (Lipinski definition) is 8. The van der Waals surface area contributed by atoms with Gasteiger partial charge in [-0.25, -0.2) is 4.98 Å². The average molecular weight is 486 g/mol. The highest BCUT2D eigenvalue weighted by Crippen LogP contribution is 2.34. The molecule has 0 spiro atoms. The third kappa shape index (κ3) is 6.25. The summed E-state index contributed by atoms with van der Waals surface area (Å²) in [5.41, 5.74) is 1.76. The van der Waals surface area contributed by atoms with Crippen LogP contribution in [-0.2, 0) is 9.53 Å². The zero-order valence-electron chi connectivity index (χ0n) is 20.5. The van der Waals surface area contributed by atoms with E-state index in [1.165, 1.54) is 11.3 Å². The molecule has 1 saturated heterocycles. The van der Waals surface area contributed by atoms with Crippen molar-refractivity contribution in [3.05, 3.63) is 30.3 Å². The van der Waals surface area contributed by atoms with Crippen molar-refractivity contribution in [2.45, 2.75) is 32.7 Å². The fraction of sp³-hybridized carbons (Fsp3) is 0.542. The van der Waals surface area contributed by atoms with Crippen LogP contribution in [0, 0.1) is 0 Å². The topological polar surface area (TPSA) is 87.0 Å². The van der Waals surface area contributed by atoms with Gasteiger partial charge in [0.2, 0.25) is 16.0 Å². The summed E-state index contributed by atoms with van der Waals surface area (Å²) >= 11 is 1.48. The van der Waals surface area contributed by atoms with Crippen LogP contribution >= 0.6 is 11.3 Å². The van der Waals surface area contributed by atoms with Gasteiger partial charge in [0.15, 0.2) is 5.82 Å². The first-order valence-corrected chi connectivity index (χ1v) is 12.6. The number of aromatic nitrogens is 3. The summed E-state index contributed by atoms with van der Waals surface area (Å²) in [6.45, 7) is 11.8. The molecule has 0 saturated carbocycles. The number of rotatable bonds is 9. The molecular weight excluding hydrogens is 450 g/mol. The molecule has 3 heterocycles. The SMILES string of the molecule is CN(CC(=O)NCCCN1CCOCC1)c1nn2c(NC(C)(C)C)c(-c3ccccc3)nc2s1. The number of likely N-dealkylation sites (N-methyl/N-ethyl adjacent to an activating group) is 1. The first kappa shape index (κ1) is 24.4. The second kappa shape index (κ2) is 10.7. The summed E-state index contributed by atoms with van der Waals surface area (Å²) in [7, 11) is 1.89. The smallest absolute Gasteiger partial charge is 0.239 e. The molecule has 0 bridgehead atoms. The van der Waals surface area contributed by atoms with E-state index in [1.807, 2.05) is 34.7 Å². The number of morpholine rings is 1. The van der Waals surface area contributed by atoms with E-state index in [0.29, 0.717) is 6.54 Å². The molecule has 4 rings (SSSR count). The second-order valence-corrected chi connectivity index (χ2v) is 10.6. The van der Waals surface area contributed by atoms with Crippen molar-refractivity contribution in [3.8, 4) is 11.3 Å². The maximum Gasteiger partial charge on any atom is 0.239 e. The van der Waals surface area contributed by atoms with Gasteiger partial charge in [0.25, 0.3) is 0 Å². The first-order valence-electron chi connectivity index (χ1n) is 11.8. The summed E-state index contributed by atoms with van der Waals surface area (Å²) in [5.74, 6) is 0.854. The van der Waals surface area contributed by atoms with E-state index in [-0.39, 0.29) is 18.0 Å². The Morgan fingerprint density at radius 2 is 1.94 bits per heavy atom. The predicted molar refractivity (Wildman–Crippen MR) is 138 cm³/mol. The summed E-state index contributed by atoms with van der Waals surface area (Å²) in [4.78, 5) is 22.4. The molecule has 1 fully saturated rings. The fourth-order valence-electron chi connectivity index (χ4n) is 3.85. The third-order valence-electron chi connectivity index (χ3n) is 5.52. The zero-order chi connectivity index (χ0) is 24.1. The van der Waals surface area contributed by atoms with E-state index < -0.39 is 0 Å². The number of anilines is 2. The van der Waals surface area contributed by atoms with Crippen LogP contribution in [0.5, 0.6) is 0 Å². The summed E-state index contributed by atoms with van der Waals surface area (Å²) in [5, 5.41) is 12.1. The number of carbonyl (C=O) groups is 1. The Hall–Kier alpha value is -2.69. The van der Waals surface area contributed by atoms with Crippen molar-refractivity contribution < 1.29 is 9.53 Å². The number of benzene rings is 1. The number of nitrogens with zero attached hydrogens (tertiary/aromatic N) is 5. The molecule has 9 nitrogen and oxygen atoms in total. The number of amides is 1. The zero-order valence-corrected chi connectivity index (χ0v) is 21.3. The molecule has 2 N–H and O–H groups in total. The van der Waals surface area contributed by atoms with E-state index in [2.05, 4.69) is 48.4 Å². The van der Waals surface area contributed by atoms with Gasteiger partial charge in [0, 0.05) is 37.8 Å². The number of imidazole rings is 1. The van der Waals surface area contributed by atoms with Gasteiger partial charge in [-0.3, -0.25) is 9.69 Å². The van der Waals surface area contributed by atoms with Crippen molar-refractivity contribution >= 4 is 33.2 Å². The van der Waals surface area contributed by atoms with Crippen LogP contribution in [0.3, 0.4) is 0 Å². The normalized spacial score (nSPS) is 14.9. The van der Waals surface area contributed by atoms with Crippen molar-refractivity contribution in [2.75, 3.05) is 63.2 Å². The molecule has 34 heavy (non-hydrogen) atoms. The van der Waals surface area contributed by atoms with Gasteiger partial charge >= 0.3 is 0 Å². The molecule has 0 radical (unpaired) electrons. The lowest BCUT2D eigenvalue weighted by atomic mass is 10.1. The third-order valence-corrected chi connectivity index (χ3v) is 6.54. The predicted octanol–water partition coefficient (Wildman–Crippen LogP) is 2.94. The van der Waals surface area contributed by atoms with E-state index in [4.69, 9.17) is 14.8 Å². The van der Waals surface area contributed by atoms with Crippen molar-refractivity contribution in [3.63, 3.8) is 0 Å². The minimum Gasteiger partial charge on any atom is -0.379 e. The molecule has 1 aliphatic heterocycles. The van der Waals surface area contributed by atoms with Gasteiger partial charge in [-0.15, -0.1) is 5.10 Å². The molecule has 10 heteroatoms. The van der Waals surface area contributed by atoms with E-state index in [1.54, 1.807) is 0 Å². The van der Waals surface area contributed by atoms with Crippen LogP contribution < -0.4 is 15.5 Å². The van der Waals surface area contributed by atoms with Crippen molar-refractivity contribution in [1.82, 2.24) is 24.8 Å². The maximum absolute atomic E-state index is 12.5. The van der Waals surface area contributed by atoms with Gasteiger partial charge in [-0.1, -0.05) is 41.7 Å². The number of hydrogen-bond donors (Lipinski definition) is 2. The average Bonchev–Trinajstić information content (AvgIpc) is 3.37. The number of fused-ring (bicyclic) bond motifs is 1. The van der Waals surface area contributed by atoms with E-state index >= 15 is 0 Å². The molecule has 1 amide bonds. The Morgan fingerprint density at radius 3 is 2.65 bits per heavy atom. The number of ether oxygens (including phenoxy) is 1. The van der Waals surface area contributed by atoms with Crippen LogP contribution in [0.25, 0.3) is 16.2 Å². The molecule has 0 atom stereocenters. The standard InChI is InChI=1S/C24H35N7O2S/c1-24(2,3)27-21-20(18-9-6-5-7-10-18)26-22-31(21)28-23(34-22)29(4)17-19(32)25-11-8-12-30-13-15-33-16-14-30/h5-7,9-10,27H,8,11-17H2,1-4H3,(H,25,32). The van der Waals surface area contributed by atoms with Gasteiger partial charge in [0.05, 0.1) is 19.8 Å². The Morgan fingerprint density at radius 1 is 1.21 bits per heavy atom. The fourth-order valence-corrected chi connectivity index (χ4v) is 4.71. The van der Waals surface area contributed by atoms with Gasteiger partial charge in [-0.2, -0.15) is 4.52 Å². The lowest BCUT2D eigenvalue weighted by Crippen LogP contribution is -2.39. The molecule has 2 aromatic heterocycles. The first-order chi connectivity index (χ1) is 16.3. The maximum atomic E-state index is 12.5. The van der Waals surface area contributed by atoms with Gasteiger partial charge < -0.3 is 20.3 Å².